The lowest BCUT2D eigenvalue weighted by molar-refractivity contribution is 0.288. The summed E-state index contributed by atoms with van der Waals surface area (Å²) >= 11 is 10.3. The molecule has 2 aromatic carbocycles. The largest absolute Gasteiger partial charge is 0.0837 e. The quantitative estimate of drug-likeness (QED) is 0.524. The summed E-state index contributed by atoms with van der Waals surface area (Å²) in [6.07, 6.45) is 5.37. The lowest BCUT2D eigenvalue weighted by Crippen LogP contribution is -2.16. The van der Waals surface area contributed by atoms with E-state index >= 15 is 0 Å². The van der Waals surface area contributed by atoms with E-state index in [4.69, 9.17) is 11.6 Å². The third-order valence-corrected chi connectivity index (χ3v) is 6.25. The molecule has 1 aliphatic carbocycles. The lowest BCUT2D eigenvalue weighted by Gasteiger charge is -2.30. The van der Waals surface area contributed by atoms with Gasteiger partial charge < -0.3 is 0 Å². The fourth-order valence-electron chi connectivity index (χ4n) is 3.36. The molecule has 3 rings (SSSR count). The van der Waals surface area contributed by atoms with Crippen molar-refractivity contribution in [3.05, 3.63) is 47.0 Å². The molecule has 1 atom stereocenters. The highest BCUT2D eigenvalue weighted by atomic mass is 79.9. The van der Waals surface area contributed by atoms with Gasteiger partial charge in [-0.05, 0) is 41.7 Å². The molecule has 2 heteroatoms. The average Bonchev–Trinajstić information content (AvgIpc) is 2.48. The Kier molecular flexibility index (Phi) is 4.37. The van der Waals surface area contributed by atoms with Gasteiger partial charge in [0.2, 0.25) is 0 Å². The van der Waals surface area contributed by atoms with Crippen molar-refractivity contribution in [1.82, 2.24) is 0 Å². The van der Waals surface area contributed by atoms with Gasteiger partial charge in [0.15, 0.2) is 0 Å². The molecule has 0 N–H and O–H groups in total. The first-order valence-corrected chi connectivity index (χ1v) is 8.77. The molecule has 2 aromatic rings. The zero-order valence-electron chi connectivity index (χ0n) is 11.8. The molecule has 0 radical (unpaired) electrons. The molecular formula is C18H20BrCl. The Balaban J connectivity index is 1.95. The van der Waals surface area contributed by atoms with Crippen LogP contribution < -0.4 is 0 Å². The summed E-state index contributed by atoms with van der Waals surface area (Å²) < 4.78 is 0. The van der Waals surface area contributed by atoms with E-state index < -0.39 is 0 Å². The van der Waals surface area contributed by atoms with E-state index in [0.717, 1.165) is 16.9 Å². The van der Waals surface area contributed by atoms with Crippen molar-refractivity contribution in [2.45, 2.75) is 37.4 Å². The lowest BCUT2D eigenvalue weighted by atomic mass is 9.79. The van der Waals surface area contributed by atoms with Crippen molar-refractivity contribution < 1.29 is 0 Å². The van der Waals surface area contributed by atoms with Crippen LogP contribution in [0.25, 0.3) is 10.8 Å². The molecular weight excluding hydrogens is 332 g/mol. The van der Waals surface area contributed by atoms with Crippen molar-refractivity contribution in [2.75, 3.05) is 0 Å². The van der Waals surface area contributed by atoms with Gasteiger partial charge in [-0.2, -0.15) is 0 Å². The second-order valence-corrected chi connectivity index (χ2v) is 7.50. The van der Waals surface area contributed by atoms with Gasteiger partial charge in [0, 0.05) is 15.2 Å². The van der Waals surface area contributed by atoms with Gasteiger partial charge in [-0.15, -0.1) is 0 Å². The Bertz CT molecular complexity index is 599. The number of fused-ring (bicyclic) bond motifs is 1. The van der Waals surface area contributed by atoms with Crippen LogP contribution in [0.4, 0.5) is 0 Å². The molecule has 0 aromatic heterocycles. The Labute approximate surface area is 134 Å². The van der Waals surface area contributed by atoms with E-state index in [0.29, 0.717) is 4.83 Å². The topological polar surface area (TPSA) is 0 Å². The minimum Gasteiger partial charge on any atom is -0.0837 e. The normalized spacial score (nSPS) is 24.8. The summed E-state index contributed by atoms with van der Waals surface area (Å²) in [6, 6.07) is 12.7. The number of hydrogen-bond donors (Lipinski definition) is 0. The zero-order valence-corrected chi connectivity index (χ0v) is 14.1. The third kappa shape index (κ3) is 2.76. The van der Waals surface area contributed by atoms with Crippen molar-refractivity contribution in [1.29, 1.82) is 0 Å². The summed E-state index contributed by atoms with van der Waals surface area (Å²) in [4.78, 5) is 0.442. The summed E-state index contributed by atoms with van der Waals surface area (Å²) in [5.41, 5.74) is 1.39. The van der Waals surface area contributed by atoms with Crippen molar-refractivity contribution >= 4 is 38.3 Å². The van der Waals surface area contributed by atoms with Crippen molar-refractivity contribution in [3.8, 4) is 0 Å². The fourth-order valence-corrected chi connectivity index (χ4v) is 4.51. The Hall–Kier alpha value is -0.530. The predicted molar refractivity (Wildman–Crippen MR) is 91.7 cm³/mol. The first kappa shape index (κ1) is 14.4. The van der Waals surface area contributed by atoms with Gasteiger partial charge in [0.1, 0.15) is 0 Å². The summed E-state index contributed by atoms with van der Waals surface area (Å²) in [5.74, 6) is 1.64. The van der Waals surface area contributed by atoms with E-state index in [1.165, 1.54) is 42.0 Å². The van der Waals surface area contributed by atoms with Gasteiger partial charge in [-0.1, -0.05) is 77.6 Å². The fraction of sp³-hybridized carbons (Fsp3) is 0.444. The first-order chi connectivity index (χ1) is 9.66. The molecule has 20 heavy (non-hydrogen) atoms. The number of alkyl halides is 1. The van der Waals surface area contributed by atoms with Crippen LogP contribution in [-0.2, 0) is 0 Å². The van der Waals surface area contributed by atoms with Gasteiger partial charge in [-0.25, -0.2) is 0 Å². The third-order valence-electron chi connectivity index (χ3n) is 4.68. The molecule has 1 unspecified atom stereocenters. The highest BCUT2D eigenvalue weighted by Crippen LogP contribution is 2.44. The van der Waals surface area contributed by atoms with E-state index in [1.807, 2.05) is 6.07 Å². The van der Waals surface area contributed by atoms with Crippen LogP contribution in [0.1, 0.15) is 43.0 Å². The predicted octanol–water partition coefficient (Wildman–Crippen LogP) is 6.76. The summed E-state index contributed by atoms with van der Waals surface area (Å²) in [6.45, 7) is 2.37. The van der Waals surface area contributed by atoms with E-state index in [9.17, 15) is 0 Å². The first-order valence-electron chi connectivity index (χ1n) is 7.48. The molecule has 0 amide bonds. The SMILES string of the molecule is CC1CCC(C(Br)c2ccc(Cl)c3ccccc23)CC1. The molecule has 106 valence electrons. The minimum absolute atomic E-state index is 0.442. The van der Waals surface area contributed by atoms with Crippen LogP contribution >= 0.6 is 27.5 Å². The molecule has 1 saturated carbocycles. The van der Waals surface area contributed by atoms with Crippen LogP contribution in [0.3, 0.4) is 0 Å². The van der Waals surface area contributed by atoms with Crippen molar-refractivity contribution in [3.63, 3.8) is 0 Å². The van der Waals surface area contributed by atoms with Crippen molar-refractivity contribution in [2.24, 2.45) is 11.8 Å². The monoisotopic (exact) mass is 350 g/mol. The van der Waals surface area contributed by atoms with Gasteiger partial charge in [0.25, 0.3) is 0 Å². The van der Waals surface area contributed by atoms with Crippen LogP contribution in [-0.4, -0.2) is 0 Å². The molecule has 0 bridgehead atoms. The highest BCUT2D eigenvalue weighted by Gasteiger charge is 2.26. The minimum atomic E-state index is 0.442. The van der Waals surface area contributed by atoms with Crippen LogP contribution in [0.15, 0.2) is 36.4 Å². The standard InChI is InChI=1S/C18H20BrCl/c1-12-6-8-13(9-7-12)18(19)16-10-11-17(20)15-5-3-2-4-14(15)16/h2-5,10-13,18H,6-9H2,1H3. The van der Waals surface area contributed by atoms with Crippen LogP contribution in [0, 0.1) is 11.8 Å². The van der Waals surface area contributed by atoms with Crippen LogP contribution in [0.5, 0.6) is 0 Å². The number of halogens is 2. The van der Waals surface area contributed by atoms with Gasteiger partial charge >= 0.3 is 0 Å². The van der Waals surface area contributed by atoms with Gasteiger partial charge in [-0.3, -0.25) is 0 Å². The maximum atomic E-state index is 6.32. The maximum absolute atomic E-state index is 6.32. The molecule has 0 nitrogen and oxygen atoms in total. The Morgan fingerprint density at radius 2 is 1.65 bits per heavy atom. The Morgan fingerprint density at radius 3 is 2.35 bits per heavy atom. The molecule has 0 saturated heterocycles. The number of rotatable bonds is 2. The van der Waals surface area contributed by atoms with E-state index in [2.05, 4.69) is 53.2 Å². The molecule has 0 spiro atoms. The van der Waals surface area contributed by atoms with Crippen LogP contribution in [0.2, 0.25) is 5.02 Å². The summed E-state index contributed by atoms with van der Waals surface area (Å²) in [7, 11) is 0. The maximum Gasteiger partial charge on any atom is 0.0484 e. The second-order valence-electron chi connectivity index (χ2n) is 6.10. The molecule has 1 aliphatic rings. The molecule has 0 heterocycles. The highest BCUT2D eigenvalue weighted by molar-refractivity contribution is 9.09. The molecule has 1 fully saturated rings. The molecule has 0 aliphatic heterocycles. The zero-order chi connectivity index (χ0) is 14.1. The average molecular weight is 352 g/mol. The number of hydrogen-bond acceptors (Lipinski definition) is 0. The number of benzene rings is 2. The second kappa shape index (κ2) is 6.07. The smallest absolute Gasteiger partial charge is 0.0484 e. The van der Waals surface area contributed by atoms with Gasteiger partial charge in [0.05, 0.1) is 0 Å². The van der Waals surface area contributed by atoms with E-state index in [1.54, 1.807) is 0 Å². The van der Waals surface area contributed by atoms with E-state index in [-0.39, 0.29) is 0 Å². The summed E-state index contributed by atoms with van der Waals surface area (Å²) in [5, 5.41) is 3.31. The Morgan fingerprint density at radius 1 is 1.00 bits per heavy atom.